The number of carbonyl (C=O) groups excluding carboxylic acids is 1. The normalized spacial score (nSPS) is 14.0. The summed E-state index contributed by atoms with van der Waals surface area (Å²) in [5.41, 5.74) is 0.179. The van der Waals surface area contributed by atoms with Crippen molar-refractivity contribution in [3.8, 4) is 0 Å². The molecule has 1 atom stereocenters. The molecule has 0 spiro atoms. The second-order valence-electron chi connectivity index (χ2n) is 4.61. The second kappa shape index (κ2) is 4.61. The number of nitrogens with one attached hydrogen (secondary N) is 1. The van der Waals surface area contributed by atoms with Crippen LogP contribution in [0.15, 0.2) is 0 Å². The Bertz CT molecular complexity index is 172. The molecule has 78 valence electrons. The van der Waals surface area contributed by atoms with Crippen LogP contribution < -0.4 is 5.32 Å². The molecule has 0 aliphatic carbocycles. The Morgan fingerprint density at radius 1 is 1.46 bits per heavy atom. The Labute approximate surface area is 81.5 Å². The predicted molar refractivity (Wildman–Crippen MR) is 55.6 cm³/mol. The number of likely N-dealkylation sites (N-methyl/N-ethyl adjacent to an activating group) is 2. The topological polar surface area (TPSA) is 32.3 Å². The molecular weight excluding hydrogens is 164 g/mol. The van der Waals surface area contributed by atoms with Crippen LogP contribution in [0, 0.1) is 5.41 Å². The lowest BCUT2D eigenvalue weighted by atomic mass is 9.86. The molecule has 1 N–H and O–H groups in total. The first-order valence-corrected chi connectivity index (χ1v) is 4.68. The highest BCUT2D eigenvalue weighted by Gasteiger charge is 2.24. The van der Waals surface area contributed by atoms with E-state index in [4.69, 9.17) is 0 Å². The van der Waals surface area contributed by atoms with E-state index in [1.54, 1.807) is 11.8 Å². The Balaban J connectivity index is 4.22. The Hall–Kier alpha value is -0.570. The van der Waals surface area contributed by atoms with Crippen LogP contribution in [-0.4, -0.2) is 37.5 Å². The van der Waals surface area contributed by atoms with Crippen molar-refractivity contribution in [1.29, 1.82) is 0 Å². The maximum atomic E-state index is 11.0. The highest BCUT2D eigenvalue weighted by atomic mass is 16.2. The van der Waals surface area contributed by atoms with E-state index < -0.39 is 0 Å². The van der Waals surface area contributed by atoms with Gasteiger partial charge in [-0.3, -0.25) is 4.79 Å². The number of carbonyl (C=O) groups is 1. The van der Waals surface area contributed by atoms with Crippen LogP contribution in [0.3, 0.4) is 0 Å². The first-order chi connectivity index (χ1) is 5.79. The molecule has 3 nitrogen and oxygen atoms in total. The molecule has 0 bridgehead atoms. The zero-order valence-electron chi connectivity index (χ0n) is 9.64. The summed E-state index contributed by atoms with van der Waals surface area (Å²) in [7, 11) is 3.77. The van der Waals surface area contributed by atoms with Crippen molar-refractivity contribution in [2.24, 2.45) is 5.41 Å². The molecule has 3 heteroatoms. The summed E-state index contributed by atoms with van der Waals surface area (Å²) in [6, 6.07) is 0.335. The molecule has 0 saturated carbocycles. The molecule has 0 saturated heterocycles. The first kappa shape index (κ1) is 12.4. The van der Waals surface area contributed by atoms with Crippen molar-refractivity contribution in [1.82, 2.24) is 10.2 Å². The van der Waals surface area contributed by atoms with Crippen LogP contribution in [0.5, 0.6) is 0 Å². The average Bonchev–Trinajstić information content (AvgIpc) is 1.96. The van der Waals surface area contributed by atoms with Gasteiger partial charge in [-0.05, 0) is 12.5 Å². The molecule has 13 heavy (non-hydrogen) atoms. The standard InChI is InChI=1S/C10H22N2O/c1-8(13)12(6)7-9(11-5)10(2,3)4/h9,11H,7H2,1-6H3/t9-/m1/s1. The fraction of sp³-hybridized carbons (Fsp3) is 0.900. The number of hydrogen-bond acceptors (Lipinski definition) is 2. The molecule has 0 fully saturated rings. The molecule has 0 heterocycles. The van der Waals surface area contributed by atoms with Gasteiger partial charge >= 0.3 is 0 Å². The molecule has 0 aromatic carbocycles. The average molecular weight is 186 g/mol. The summed E-state index contributed by atoms with van der Waals surface area (Å²) in [6.45, 7) is 8.86. The van der Waals surface area contributed by atoms with Gasteiger partial charge in [0.15, 0.2) is 0 Å². The van der Waals surface area contributed by atoms with Crippen molar-refractivity contribution in [3.05, 3.63) is 0 Å². The van der Waals surface area contributed by atoms with Gasteiger partial charge in [0.25, 0.3) is 0 Å². The van der Waals surface area contributed by atoms with E-state index in [2.05, 4.69) is 26.1 Å². The van der Waals surface area contributed by atoms with Crippen molar-refractivity contribution < 1.29 is 4.79 Å². The van der Waals surface area contributed by atoms with Gasteiger partial charge in [0, 0.05) is 26.6 Å². The Morgan fingerprint density at radius 2 is 1.92 bits per heavy atom. The fourth-order valence-electron chi connectivity index (χ4n) is 1.20. The van der Waals surface area contributed by atoms with Gasteiger partial charge in [0.1, 0.15) is 0 Å². The Morgan fingerprint density at radius 3 is 2.15 bits per heavy atom. The van der Waals surface area contributed by atoms with E-state index in [0.717, 1.165) is 6.54 Å². The third-order valence-electron chi connectivity index (χ3n) is 2.39. The van der Waals surface area contributed by atoms with Crippen LogP contribution in [0.4, 0.5) is 0 Å². The molecule has 0 aromatic heterocycles. The van der Waals surface area contributed by atoms with Gasteiger partial charge in [-0.25, -0.2) is 0 Å². The lowest BCUT2D eigenvalue weighted by Crippen LogP contribution is -2.47. The number of rotatable bonds is 3. The van der Waals surface area contributed by atoms with Gasteiger partial charge in [-0.1, -0.05) is 20.8 Å². The zero-order valence-corrected chi connectivity index (χ0v) is 9.64. The van der Waals surface area contributed by atoms with E-state index in [9.17, 15) is 4.79 Å². The lowest BCUT2D eigenvalue weighted by molar-refractivity contribution is -0.128. The minimum atomic E-state index is 0.115. The highest BCUT2D eigenvalue weighted by molar-refractivity contribution is 5.72. The van der Waals surface area contributed by atoms with Crippen LogP contribution in [0.1, 0.15) is 27.7 Å². The first-order valence-electron chi connectivity index (χ1n) is 4.68. The fourth-order valence-corrected chi connectivity index (χ4v) is 1.20. The monoisotopic (exact) mass is 186 g/mol. The van der Waals surface area contributed by atoms with Crippen molar-refractivity contribution in [2.75, 3.05) is 20.6 Å². The number of hydrogen-bond donors (Lipinski definition) is 1. The molecule has 0 radical (unpaired) electrons. The van der Waals surface area contributed by atoms with Crippen LogP contribution in [0.25, 0.3) is 0 Å². The smallest absolute Gasteiger partial charge is 0.219 e. The van der Waals surface area contributed by atoms with Crippen LogP contribution >= 0.6 is 0 Å². The molecule has 1 amide bonds. The maximum Gasteiger partial charge on any atom is 0.219 e. The maximum absolute atomic E-state index is 11.0. The molecular formula is C10H22N2O. The van der Waals surface area contributed by atoms with Gasteiger partial charge < -0.3 is 10.2 Å². The molecule has 0 aliphatic rings. The largest absolute Gasteiger partial charge is 0.344 e. The van der Waals surface area contributed by atoms with E-state index >= 15 is 0 Å². The van der Waals surface area contributed by atoms with Crippen molar-refractivity contribution >= 4 is 5.91 Å². The van der Waals surface area contributed by atoms with E-state index in [1.165, 1.54) is 0 Å². The summed E-state index contributed by atoms with van der Waals surface area (Å²) in [5, 5.41) is 3.23. The van der Waals surface area contributed by atoms with Gasteiger partial charge in [-0.15, -0.1) is 0 Å². The van der Waals surface area contributed by atoms with E-state index in [1.807, 2.05) is 14.1 Å². The quantitative estimate of drug-likeness (QED) is 0.716. The van der Waals surface area contributed by atoms with Crippen molar-refractivity contribution in [2.45, 2.75) is 33.7 Å². The predicted octanol–water partition coefficient (Wildman–Crippen LogP) is 1.10. The summed E-state index contributed by atoms with van der Waals surface area (Å²) in [4.78, 5) is 12.8. The van der Waals surface area contributed by atoms with E-state index in [-0.39, 0.29) is 11.3 Å². The zero-order chi connectivity index (χ0) is 10.6. The van der Waals surface area contributed by atoms with Gasteiger partial charge in [0.2, 0.25) is 5.91 Å². The molecule has 0 rings (SSSR count). The van der Waals surface area contributed by atoms with Gasteiger partial charge in [0.05, 0.1) is 0 Å². The minimum Gasteiger partial charge on any atom is -0.344 e. The lowest BCUT2D eigenvalue weighted by Gasteiger charge is -2.33. The third kappa shape index (κ3) is 4.27. The van der Waals surface area contributed by atoms with Crippen molar-refractivity contribution in [3.63, 3.8) is 0 Å². The van der Waals surface area contributed by atoms with Crippen LogP contribution in [0.2, 0.25) is 0 Å². The van der Waals surface area contributed by atoms with E-state index in [0.29, 0.717) is 6.04 Å². The molecule has 0 aromatic rings. The molecule has 0 unspecified atom stereocenters. The number of nitrogens with zero attached hydrogens (tertiary/aromatic N) is 1. The summed E-state index contributed by atoms with van der Waals surface area (Å²) in [6.07, 6.45) is 0. The summed E-state index contributed by atoms with van der Waals surface area (Å²) < 4.78 is 0. The van der Waals surface area contributed by atoms with Crippen LogP contribution in [-0.2, 0) is 4.79 Å². The summed E-state index contributed by atoms with van der Waals surface area (Å²) in [5.74, 6) is 0.115. The minimum absolute atomic E-state index is 0.115. The summed E-state index contributed by atoms with van der Waals surface area (Å²) >= 11 is 0. The second-order valence-corrected chi connectivity index (χ2v) is 4.61. The highest BCUT2D eigenvalue weighted by Crippen LogP contribution is 2.19. The number of amides is 1. The third-order valence-corrected chi connectivity index (χ3v) is 2.39. The Kier molecular flexibility index (Phi) is 4.40. The molecule has 0 aliphatic heterocycles. The van der Waals surface area contributed by atoms with Gasteiger partial charge in [-0.2, -0.15) is 0 Å². The SMILES string of the molecule is CN[C@H](CN(C)C(C)=O)C(C)(C)C.